The number of nitrogens with zero attached hydrogens (tertiary/aromatic N) is 1. The second kappa shape index (κ2) is 14.5. The number of imide groups is 1. The van der Waals surface area contributed by atoms with Crippen LogP contribution in [0.3, 0.4) is 0 Å². The first-order valence-corrected chi connectivity index (χ1v) is 14.6. The van der Waals surface area contributed by atoms with Crippen molar-refractivity contribution in [2.45, 2.75) is 0 Å². The third-order valence-corrected chi connectivity index (χ3v) is 7.43. The number of carbonyl (C=O) groups excluding carboxylic acids is 2. The van der Waals surface area contributed by atoms with Gasteiger partial charge in [0.15, 0.2) is 0 Å². The molecule has 6 aromatic carbocycles. The fourth-order valence-electron chi connectivity index (χ4n) is 5.02. The maximum atomic E-state index is 12.2. The molecular weight excluding hydrogens is 610 g/mol. The van der Waals surface area contributed by atoms with E-state index in [2.05, 4.69) is 0 Å². The Bertz CT molecular complexity index is 2100. The zero-order valence-corrected chi connectivity index (χ0v) is 25.2. The lowest BCUT2D eigenvalue weighted by atomic mass is 10.0. The molecule has 3 N–H and O–H groups in total. The number of amides is 2. The first kappa shape index (κ1) is 32.5. The van der Waals surface area contributed by atoms with E-state index in [1.165, 1.54) is 24.3 Å². The molecule has 0 saturated heterocycles. The maximum Gasteiger partial charge on any atom is 0.336 e. The zero-order chi connectivity index (χ0) is 34.2. The molecule has 6 aromatic rings. The van der Waals surface area contributed by atoms with Gasteiger partial charge in [0.05, 0.1) is 33.5 Å². The molecule has 1 aliphatic heterocycles. The third-order valence-electron chi connectivity index (χ3n) is 7.43. The summed E-state index contributed by atoms with van der Waals surface area (Å²) in [5, 5.41) is 28.2. The van der Waals surface area contributed by atoms with E-state index in [4.69, 9.17) is 15.3 Å². The van der Waals surface area contributed by atoms with Gasteiger partial charge in [0.1, 0.15) is 0 Å². The Hall–Kier alpha value is -6.87. The molecule has 0 unspecified atom stereocenters. The van der Waals surface area contributed by atoms with Crippen LogP contribution < -0.4 is 4.90 Å². The van der Waals surface area contributed by atoms with Crippen LogP contribution in [0.2, 0.25) is 0 Å². The van der Waals surface area contributed by atoms with Crippen LogP contribution in [-0.2, 0) is 0 Å². The first-order chi connectivity index (χ1) is 23.2. The summed E-state index contributed by atoms with van der Waals surface area (Å²) in [5.41, 5.74) is 3.98. The van der Waals surface area contributed by atoms with E-state index in [0.717, 1.165) is 26.8 Å². The Morgan fingerprint density at radius 2 is 0.896 bits per heavy atom. The summed E-state index contributed by atoms with van der Waals surface area (Å²) in [4.78, 5) is 57.7. The average molecular weight is 638 g/mol. The molecule has 7 rings (SSSR count). The van der Waals surface area contributed by atoms with E-state index in [9.17, 15) is 24.0 Å². The Morgan fingerprint density at radius 1 is 0.438 bits per heavy atom. The number of carbonyl (C=O) groups is 5. The molecule has 0 bridgehead atoms. The van der Waals surface area contributed by atoms with Crippen molar-refractivity contribution in [3.63, 3.8) is 0 Å². The molecule has 48 heavy (non-hydrogen) atoms. The number of fused-ring (bicyclic) bond motifs is 2. The van der Waals surface area contributed by atoms with Gasteiger partial charge in [-0.2, -0.15) is 0 Å². The largest absolute Gasteiger partial charge is 0.478 e. The van der Waals surface area contributed by atoms with E-state index in [0.29, 0.717) is 27.9 Å². The lowest BCUT2D eigenvalue weighted by Crippen LogP contribution is -2.29. The van der Waals surface area contributed by atoms with E-state index >= 15 is 0 Å². The summed E-state index contributed by atoms with van der Waals surface area (Å²) in [6, 6.07) is 41.7. The minimum atomic E-state index is -1.06. The van der Waals surface area contributed by atoms with Gasteiger partial charge in [0.25, 0.3) is 11.8 Å². The Morgan fingerprint density at radius 3 is 1.44 bits per heavy atom. The van der Waals surface area contributed by atoms with Gasteiger partial charge in [0.2, 0.25) is 0 Å². The van der Waals surface area contributed by atoms with Crippen molar-refractivity contribution in [2.24, 2.45) is 0 Å². The topological polar surface area (TPSA) is 149 Å². The standard InChI is InChI=1S/C15H9NO4.C13H10O2.C11H8O2/c17-13-11-3-1-2-4-12(11)14(18)16(13)10-7-5-9(6-8-10)15(19)20;14-13(15)12-8-6-11(7-9-12)10-4-2-1-3-5-10;12-11(13)10-7-3-5-8-4-1-2-6-9(8)10/h1-8H,(H,19,20);1-9H,(H,14,15);1-7H,(H,12,13). The molecule has 0 fully saturated rings. The number of hydrogen-bond donors (Lipinski definition) is 3. The highest BCUT2D eigenvalue weighted by molar-refractivity contribution is 6.34. The highest BCUT2D eigenvalue weighted by Crippen LogP contribution is 2.28. The SMILES string of the molecule is O=C(O)c1ccc(-c2ccccc2)cc1.O=C(O)c1ccc(N2C(=O)c3ccccc3C2=O)cc1.O=C(O)c1cccc2ccccc12. The van der Waals surface area contributed by atoms with Gasteiger partial charge in [-0.3, -0.25) is 9.59 Å². The van der Waals surface area contributed by atoms with E-state index in [-0.39, 0.29) is 5.56 Å². The van der Waals surface area contributed by atoms with E-state index in [1.807, 2.05) is 72.8 Å². The summed E-state index contributed by atoms with van der Waals surface area (Å²) in [6.07, 6.45) is 0. The van der Waals surface area contributed by atoms with Crippen LogP contribution in [0.1, 0.15) is 51.8 Å². The molecule has 2 amide bonds. The van der Waals surface area contributed by atoms with Crippen molar-refractivity contribution >= 4 is 46.2 Å². The molecule has 236 valence electrons. The number of carboxylic acid groups (broad SMARTS) is 3. The van der Waals surface area contributed by atoms with Crippen LogP contribution in [-0.4, -0.2) is 45.0 Å². The monoisotopic (exact) mass is 637 g/mol. The van der Waals surface area contributed by atoms with Crippen molar-refractivity contribution in [3.05, 3.63) is 173 Å². The van der Waals surface area contributed by atoms with Gasteiger partial charge in [-0.25, -0.2) is 19.3 Å². The molecular formula is C39H27NO8. The van der Waals surface area contributed by atoms with Gasteiger partial charge in [-0.15, -0.1) is 0 Å². The molecule has 0 spiro atoms. The van der Waals surface area contributed by atoms with Crippen LogP contribution in [0.5, 0.6) is 0 Å². The number of hydrogen-bond acceptors (Lipinski definition) is 5. The molecule has 0 saturated carbocycles. The van der Waals surface area contributed by atoms with Crippen LogP contribution in [0, 0.1) is 0 Å². The molecule has 9 nitrogen and oxygen atoms in total. The molecule has 9 heteroatoms. The summed E-state index contributed by atoms with van der Waals surface area (Å²) in [6.45, 7) is 0. The highest BCUT2D eigenvalue weighted by Gasteiger charge is 2.36. The Balaban J connectivity index is 0.000000145. The minimum Gasteiger partial charge on any atom is -0.478 e. The van der Waals surface area contributed by atoms with Crippen molar-refractivity contribution in [3.8, 4) is 11.1 Å². The molecule has 0 radical (unpaired) electrons. The summed E-state index contributed by atoms with van der Waals surface area (Å²) >= 11 is 0. The van der Waals surface area contributed by atoms with E-state index < -0.39 is 29.7 Å². The lowest BCUT2D eigenvalue weighted by Gasteiger charge is -2.13. The van der Waals surface area contributed by atoms with Gasteiger partial charge >= 0.3 is 17.9 Å². The van der Waals surface area contributed by atoms with Gasteiger partial charge < -0.3 is 15.3 Å². The second-order valence-electron chi connectivity index (χ2n) is 10.4. The van der Waals surface area contributed by atoms with Gasteiger partial charge in [-0.05, 0) is 76.5 Å². The minimum absolute atomic E-state index is 0.102. The number of aromatic carboxylic acids is 3. The van der Waals surface area contributed by atoms with Gasteiger partial charge in [0, 0.05) is 0 Å². The maximum absolute atomic E-state index is 12.2. The van der Waals surface area contributed by atoms with Crippen LogP contribution in [0.15, 0.2) is 146 Å². The highest BCUT2D eigenvalue weighted by atomic mass is 16.4. The Kier molecular flexibility index (Phi) is 9.81. The fraction of sp³-hybridized carbons (Fsp3) is 0. The van der Waals surface area contributed by atoms with E-state index in [1.54, 1.807) is 48.5 Å². The third kappa shape index (κ3) is 7.16. The van der Waals surface area contributed by atoms with Crippen molar-refractivity contribution in [2.75, 3.05) is 4.90 Å². The first-order valence-electron chi connectivity index (χ1n) is 14.6. The quantitative estimate of drug-likeness (QED) is 0.162. The number of carboxylic acids is 3. The molecule has 0 aliphatic carbocycles. The Labute approximate surface area is 274 Å². The van der Waals surface area contributed by atoms with Crippen LogP contribution in [0.25, 0.3) is 21.9 Å². The molecule has 1 aliphatic rings. The van der Waals surface area contributed by atoms with Crippen LogP contribution >= 0.6 is 0 Å². The molecule has 0 aromatic heterocycles. The number of anilines is 1. The van der Waals surface area contributed by atoms with Crippen molar-refractivity contribution in [1.29, 1.82) is 0 Å². The summed E-state index contributed by atoms with van der Waals surface area (Å²) in [7, 11) is 0. The summed E-state index contributed by atoms with van der Waals surface area (Å²) < 4.78 is 0. The average Bonchev–Trinajstić information content (AvgIpc) is 3.38. The van der Waals surface area contributed by atoms with Crippen molar-refractivity contribution < 1.29 is 39.3 Å². The predicted octanol–water partition coefficient (Wildman–Crippen LogP) is 7.78. The summed E-state index contributed by atoms with van der Waals surface area (Å²) in [5.74, 6) is -3.62. The fourth-order valence-corrected chi connectivity index (χ4v) is 5.02. The van der Waals surface area contributed by atoms with Crippen molar-refractivity contribution in [1.82, 2.24) is 0 Å². The second-order valence-corrected chi connectivity index (χ2v) is 10.4. The van der Waals surface area contributed by atoms with Crippen LogP contribution in [0.4, 0.5) is 5.69 Å². The molecule has 1 heterocycles. The zero-order valence-electron chi connectivity index (χ0n) is 25.2. The normalized spacial score (nSPS) is 11.5. The number of rotatable bonds is 5. The smallest absolute Gasteiger partial charge is 0.336 e. The van der Waals surface area contributed by atoms with Gasteiger partial charge in [-0.1, -0.05) is 91.0 Å². The lowest BCUT2D eigenvalue weighted by molar-refractivity contribution is 0.0686. The predicted molar refractivity (Wildman–Crippen MR) is 181 cm³/mol. The number of benzene rings is 6. The molecule has 0 atom stereocenters.